The molecule has 0 unspecified atom stereocenters. The summed E-state index contributed by atoms with van der Waals surface area (Å²) in [4.78, 5) is 4.16. The van der Waals surface area contributed by atoms with E-state index in [0.29, 0.717) is 28.2 Å². The molecule has 1 fully saturated rings. The Hall–Kier alpha value is -0.750. The average molecular weight is 277 g/mol. The number of nitrogens with zero attached hydrogens (tertiary/aromatic N) is 1. The normalized spacial score (nSPS) is 16.7. The fourth-order valence-corrected chi connectivity index (χ4v) is 2.01. The van der Waals surface area contributed by atoms with Gasteiger partial charge in [-0.3, -0.25) is 0 Å². The molecule has 0 aromatic carbocycles. The number of halogens is 2. The molecular formula is C10H14Cl2N4O. The van der Waals surface area contributed by atoms with Crippen LogP contribution < -0.4 is 16.6 Å². The van der Waals surface area contributed by atoms with Gasteiger partial charge in [0.15, 0.2) is 5.82 Å². The van der Waals surface area contributed by atoms with Gasteiger partial charge in [0, 0.05) is 12.0 Å². The number of hydrazine groups is 1. The van der Waals surface area contributed by atoms with Gasteiger partial charge in [-0.25, -0.2) is 10.8 Å². The van der Waals surface area contributed by atoms with Crippen molar-refractivity contribution in [3.05, 3.63) is 16.1 Å². The number of nitrogens with two attached hydrogens (primary N) is 1. The first-order chi connectivity index (χ1) is 8.10. The van der Waals surface area contributed by atoms with Gasteiger partial charge in [0.1, 0.15) is 5.82 Å². The van der Waals surface area contributed by atoms with Gasteiger partial charge in [-0.05, 0) is 18.9 Å². The van der Waals surface area contributed by atoms with Crippen LogP contribution in [0, 0.1) is 5.41 Å². The fourth-order valence-electron chi connectivity index (χ4n) is 1.53. The predicted octanol–water partition coefficient (Wildman–Crippen LogP) is 1.86. The van der Waals surface area contributed by atoms with Crippen LogP contribution in [0.3, 0.4) is 0 Å². The molecule has 0 atom stereocenters. The van der Waals surface area contributed by atoms with Gasteiger partial charge in [0.25, 0.3) is 0 Å². The number of anilines is 2. The molecule has 0 bridgehead atoms. The predicted molar refractivity (Wildman–Crippen MR) is 69.3 cm³/mol. The van der Waals surface area contributed by atoms with Crippen LogP contribution in [-0.4, -0.2) is 23.2 Å². The maximum absolute atomic E-state index is 9.20. The van der Waals surface area contributed by atoms with Crippen LogP contribution in [0.5, 0.6) is 0 Å². The Morgan fingerprint density at radius 3 is 2.53 bits per heavy atom. The van der Waals surface area contributed by atoms with E-state index in [9.17, 15) is 5.11 Å². The van der Waals surface area contributed by atoms with Gasteiger partial charge in [0.05, 0.1) is 16.7 Å². The largest absolute Gasteiger partial charge is 0.396 e. The van der Waals surface area contributed by atoms with Crippen molar-refractivity contribution >= 4 is 34.8 Å². The zero-order valence-electron chi connectivity index (χ0n) is 9.13. The summed E-state index contributed by atoms with van der Waals surface area (Å²) < 4.78 is 0. The highest BCUT2D eigenvalue weighted by Crippen LogP contribution is 2.45. The molecule has 1 aliphatic rings. The van der Waals surface area contributed by atoms with E-state index in [1.54, 1.807) is 6.07 Å². The fraction of sp³-hybridized carbons (Fsp3) is 0.500. The number of hydrogen-bond donors (Lipinski definition) is 4. The number of aromatic nitrogens is 1. The van der Waals surface area contributed by atoms with Crippen LogP contribution in [0.2, 0.25) is 10.0 Å². The highest BCUT2D eigenvalue weighted by Gasteiger charge is 2.41. The highest BCUT2D eigenvalue weighted by atomic mass is 35.5. The Bertz CT molecular complexity index is 423. The Kier molecular flexibility index (Phi) is 3.63. The number of nitrogens with one attached hydrogen (secondary N) is 2. The molecule has 0 radical (unpaired) electrons. The Morgan fingerprint density at radius 2 is 2.00 bits per heavy atom. The minimum absolute atomic E-state index is 0.0129. The van der Waals surface area contributed by atoms with Crippen LogP contribution in [0.1, 0.15) is 12.8 Å². The summed E-state index contributed by atoms with van der Waals surface area (Å²) in [7, 11) is 0. The first kappa shape index (κ1) is 12.7. The van der Waals surface area contributed by atoms with E-state index < -0.39 is 0 Å². The van der Waals surface area contributed by atoms with Crippen molar-refractivity contribution in [1.82, 2.24) is 4.98 Å². The minimum Gasteiger partial charge on any atom is -0.396 e. The maximum Gasteiger partial charge on any atom is 0.161 e. The lowest BCUT2D eigenvalue weighted by Crippen LogP contribution is -2.20. The van der Waals surface area contributed by atoms with Crippen molar-refractivity contribution in [3.8, 4) is 0 Å². The second kappa shape index (κ2) is 4.86. The molecule has 94 valence electrons. The number of pyridine rings is 1. The van der Waals surface area contributed by atoms with Gasteiger partial charge in [0.2, 0.25) is 0 Å². The number of aliphatic hydroxyl groups is 1. The summed E-state index contributed by atoms with van der Waals surface area (Å²) in [5.74, 6) is 6.17. The van der Waals surface area contributed by atoms with Gasteiger partial charge in [-0.1, -0.05) is 23.2 Å². The lowest BCUT2D eigenvalue weighted by atomic mass is 10.1. The maximum atomic E-state index is 9.20. The number of rotatable bonds is 5. The number of aliphatic hydroxyl groups excluding tert-OH is 1. The topological polar surface area (TPSA) is 83.2 Å². The highest BCUT2D eigenvalue weighted by molar-refractivity contribution is 6.37. The van der Waals surface area contributed by atoms with Gasteiger partial charge in [-0.2, -0.15) is 0 Å². The zero-order chi connectivity index (χ0) is 12.5. The van der Waals surface area contributed by atoms with Crippen LogP contribution in [0.4, 0.5) is 11.6 Å². The molecule has 17 heavy (non-hydrogen) atoms. The Labute approximate surface area is 109 Å². The van der Waals surface area contributed by atoms with Crippen LogP contribution in [0.25, 0.3) is 0 Å². The molecule has 0 saturated heterocycles. The van der Waals surface area contributed by atoms with Crippen molar-refractivity contribution in [2.24, 2.45) is 11.3 Å². The molecule has 2 rings (SSSR count). The number of hydrogen-bond acceptors (Lipinski definition) is 5. The van der Waals surface area contributed by atoms with E-state index in [-0.39, 0.29) is 12.0 Å². The van der Waals surface area contributed by atoms with Crippen molar-refractivity contribution in [2.45, 2.75) is 12.8 Å². The van der Waals surface area contributed by atoms with E-state index in [1.165, 1.54) is 0 Å². The van der Waals surface area contributed by atoms with Gasteiger partial charge < -0.3 is 15.8 Å². The molecule has 1 aliphatic carbocycles. The molecule has 1 aromatic rings. The third-order valence-corrected chi connectivity index (χ3v) is 3.57. The quantitative estimate of drug-likeness (QED) is 0.488. The van der Waals surface area contributed by atoms with Crippen LogP contribution in [-0.2, 0) is 0 Å². The van der Waals surface area contributed by atoms with Gasteiger partial charge in [-0.15, -0.1) is 0 Å². The summed E-state index contributed by atoms with van der Waals surface area (Å²) in [5.41, 5.74) is 2.39. The molecule has 0 spiro atoms. The monoisotopic (exact) mass is 276 g/mol. The van der Waals surface area contributed by atoms with Crippen molar-refractivity contribution in [3.63, 3.8) is 0 Å². The molecule has 1 aromatic heterocycles. The Morgan fingerprint density at radius 1 is 1.35 bits per heavy atom. The Balaban J connectivity index is 2.10. The minimum atomic E-state index is -0.0129. The molecule has 0 aliphatic heterocycles. The summed E-state index contributed by atoms with van der Waals surface area (Å²) >= 11 is 11.9. The second-order valence-electron chi connectivity index (χ2n) is 4.31. The molecule has 7 heteroatoms. The lowest BCUT2D eigenvalue weighted by molar-refractivity contribution is 0.219. The average Bonchev–Trinajstić information content (AvgIpc) is 3.09. The van der Waals surface area contributed by atoms with Crippen LogP contribution >= 0.6 is 23.2 Å². The first-order valence-electron chi connectivity index (χ1n) is 5.28. The molecule has 1 saturated carbocycles. The zero-order valence-corrected chi connectivity index (χ0v) is 10.6. The summed E-state index contributed by atoms with van der Waals surface area (Å²) in [5, 5.41) is 13.1. The molecular weight excluding hydrogens is 263 g/mol. The summed E-state index contributed by atoms with van der Waals surface area (Å²) in [6.45, 7) is 0.815. The lowest BCUT2D eigenvalue weighted by Gasteiger charge is -2.15. The molecule has 0 amide bonds. The van der Waals surface area contributed by atoms with Crippen molar-refractivity contribution in [2.75, 3.05) is 23.9 Å². The van der Waals surface area contributed by atoms with Crippen molar-refractivity contribution < 1.29 is 5.11 Å². The van der Waals surface area contributed by atoms with E-state index in [4.69, 9.17) is 29.0 Å². The summed E-state index contributed by atoms with van der Waals surface area (Å²) in [6, 6.07) is 1.58. The molecule has 5 N–H and O–H groups in total. The van der Waals surface area contributed by atoms with E-state index >= 15 is 0 Å². The molecule has 1 heterocycles. The second-order valence-corrected chi connectivity index (χ2v) is 5.12. The number of nitrogen functional groups attached to an aromatic ring is 1. The van der Waals surface area contributed by atoms with E-state index in [1.807, 2.05) is 0 Å². The summed E-state index contributed by atoms with van der Waals surface area (Å²) in [6.07, 6.45) is 2.04. The van der Waals surface area contributed by atoms with Gasteiger partial charge >= 0.3 is 0 Å². The third-order valence-electron chi connectivity index (χ3n) is 2.99. The van der Waals surface area contributed by atoms with E-state index in [2.05, 4.69) is 15.7 Å². The smallest absolute Gasteiger partial charge is 0.161 e. The third kappa shape index (κ3) is 2.74. The molecule has 5 nitrogen and oxygen atoms in total. The SMILES string of the molecule is NNc1nc(NCC2(CO)CC2)c(Cl)cc1Cl. The standard InChI is InChI=1S/C10H14Cl2N4O/c11-6-3-7(12)9(16-13)15-8(6)14-4-10(5-17)1-2-10/h3,17H,1-2,4-5,13H2,(H2,14,15,16). The first-order valence-corrected chi connectivity index (χ1v) is 6.03. The van der Waals surface area contributed by atoms with E-state index in [0.717, 1.165) is 12.8 Å². The van der Waals surface area contributed by atoms with Crippen LogP contribution in [0.15, 0.2) is 6.07 Å². The van der Waals surface area contributed by atoms with Crippen molar-refractivity contribution in [1.29, 1.82) is 0 Å².